The lowest BCUT2D eigenvalue weighted by Crippen LogP contribution is -2.37. The van der Waals surface area contributed by atoms with E-state index in [4.69, 9.17) is 4.74 Å². The Morgan fingerprint density at radius 1 is 1.17 bits per heavy atom. The van der Waals surface area contributed by atoms with Gasteiger partial charge < -0.3 is 10.1 Å². The van der Waals surface area contributed by atoms with Crippen molar-refractivity contribution in [1.82, 2.24) is 5.32 Å². The molecule has 1 aliphatic heterocycles. The van der Waals surface area contributed by atoms with Gasteiger partial charge in [-0.1, -0.05) is 30.3 Å². The monoisotopic (exact) mass is 309 g/mol. The predicted molar refractivity (Wildman–Crippen MR) is 91.7 cm³/mol. The summed E-state index contributed by atoms with van der Waals surface area (Å²) in [4.78, 5) is 11.8. The molecule has 0 radical (unpaired) electrons. The molecule has 5 heteroatoms. The minimum absolute atomic E-state index is 0.104. The van der Waals surface area contributed by atoms with Gasteiger partial charge in [0.2, 0.25) is 0 Å². The van der Waals surface area contributed by atoms with Gasteiger partial charge in [0.25, 0.3) is 5.91 Å². The molecule has 23 heavy (non-hydrogen) atoms. The van der Waals surface area contributed by atoms with Crippen LogP contribution in [-0.4, -0.2) is 25.3 Å². The Morgan fingerprint density at radius 3 is 2.74 bits per heavy atom. The molecular weight excluding hydrogens is 290 g/mol. The topological polar surface area (TPSA) is 62.7 Å². The molecule has 0 aromatic heterocycles. The number of benzene rings is 2. The number of piperidine rings is 1. The van der Waals surface area contributed by atoms with Crippen LogP contribution in [0, 0.1) is 0 Å². The Kier molecular flexibility index (Phi) is 4.57. The van der Waals surface area contributed by atoms with Gasteiger partial charge in [-0.3, -0.25) is 10.2 Å². The number of hydrogen-bond acceptors (Lipinski definition) is 4. The average molecular weight is 309 g/mol. The van der Waals surface area contributed by atoms with Crippen LogP contribution in [0.4, 0.5) is 5.69 Å². The third-order valence-corrected chi connectivity index (χ3v) is 3.76. The second-order valence-electron chi connectivity index (χ2n) is 5.31. The van der Waals surface area contributed by atoms with Crippen molar-refractivity contribution in [2.24, 2.45) is 5.10 Å². The highest BCUT2D eigenvalue weighted by Gasteiger charge is 2.16. The van der Waals surface area contributed by atoms with Gasteiger partial charge in [-0.25, -0.2) is 0 Å². The maximum atomic E-state index is 11.8. The molecule has 1 amide bonds. The van der Waals surface area contributed by atoms with E-state index >= 15 is 0 Å². The van der Waals surface area contributed by atoms with Gasteiger partial charge in [0.15, 0.2) is 0 Å². The number of nitrogens with one attached hydrogen (secondary N) is 2. The van der Waals surface area contributed by atoms with Gasteiger partial charge in [-0.2, -0.15) is 5.10 Å². The first-order valence-corrected chi connectivity index (χ1v) is 7.62. The predicted octanol–water partition coefficient (Wildman–Crippen LogP) is 3.04. The molecule has 0 aliphatic carbocycles. The second-order valence-corrected chi connectivity index (χ2v) is 5.31. The van der Waals surface area contributed by atoms with Crippen LogP contribution in [0.25, 0.3) is 11.1 Å². The fourth-order valence-corrected chi connectivity index (χ4v) is 2.52. The lowest BCUT2D eigenvalue weighted by Gasteiger charge is -2.15. The molecule has 0 unspecified atom stereocenters. The number of methoxy groups -OCH3 is 1. The quantitative estimate of drug-likeness (QED) is 0.853. The lowest BCUT2D eigenvalue weighted by atomic mass is 10.0. The summed E-state index contributed by atoms with van der Waals surface area (Å²) in [6, 6.07) is 15.8. The van der Waals surface area contributed by atoms with Crippen molar-refractivity contribution in [1.29, 1.82) is 0 Å². The molecule has 1 saturated heterocycles. The molecule has 0 bridgehead atoms. The van der Waals surface area contributed by atoms with Crippen LogP contribution >= 0.6 is 0 Å². The van der Waals surface area contributed by atoms with E-state index in [9.17, 15) is 4.79 Å². The summed E-state index contributed by atoms with van der Waals surface area (Å²) in [7, 11) is 1.63. The first kappa shape index (κ1) is 15.1. The number of hydrogen-bond donors (Lipinski definition) is 2. The zero-order chi connectivity index (χ0) is 16.1. The average Bonchev–Trinajstić information content (AvgIpc) is 2.61. The molecule has 118 valence electrons. The molecule has 1 heterocycles. The Hall–Kier alpha value is -2.82. The highest BCUT2D eigenvalue weighted by Crippen LogP contribution is 2.31. The largest absolute Gasteiger partial charge is 0.497 e. The van der Waals surface area contributed by atoms with E-state index in [2.05, 4.69) is 15.8 Å². The first-order chi connectivity index (χ1) is 11.3. The molecule has 0 atom stereocenters. The molecule has 0 saturated carbocycles. The van der Waals surface area contributed by atoms with Crippen LogP contribution < -0.4 is 15.5 Å². The third-order valence-electron chi connectivity index (χ3n) is 3.76. The summed E-state index contributed by atoms with van der Waals surface area (Å²) in [6.07, 6.45) is 1.60. The summed E-state index contributed by atoms with van der Waals surface area (Å²) in [6.45, 7) is 0.715. The maximum absolute atomic E-state index is 11.8. The van der Waals surface area contributed by atoms with Crippen molar-refractivity contribution in [3.8, 4) is 16.9 Å². The van der Waals surface area contributed by atoms with E-state index in [-0.39, 0.29) is 5.91 Å². The van der Waals surface area contributed by atoms with Gasteiger partial charge >= 0.3 is 0 Å². The molecule has 1 fully saturated rings. The van der Waals surface area contributed by atoms with Gasteiger partial charge in [0.05, 0.1) is 12.8 Å². The number of carbonyl (C=O) groups is 1. The number of nitrogens with zero attached hydrogens (tertiary/aromatic N) is 1. The Bertz CT molecular complexity index is 726. The van der Waals surface area contributed by atoms with Gasteiger partial charge in [-0.05, 0) is 30.5 Å². The Labute approximate surface area is 135 Å². The van der Waals surface area contributed by atoms with Gasteiger partial charge in [0, 0.05) is 18.2 Å². The number of carbonyl (C=O) groups excluding carboxylic acids is 1. The standard InChI is InChI=1S/C18H19N3O2/c1-23-14-9-10-15(13-6-3-2-4-7-13)17(12-14)21-20-16-8-5-11-19-18(16)22/h2-4,6-7,9-10,12,21H,5,8,11H2,1H3,(H,19,22)/b20-16+. The van der Waals surface area contributed by atoms with E-state index in [0.29, 0.717) is 18.7 Å². The SMILES string of the molecule is COc1ccc(-c2ccccc2)c(N/N=C2\CCCNC2=O)c1. The smallest absolute Gasteiger partial charge is 0.267 e. The Morgan fingerprint density at radius 2 is 2.00 bits per heavy atom. The highest BCUT2D eigenvalue weighted by atomic mass is 16.5. The van der Waals surface area contributed by atoms with E-state index < -0.39 is 0 Å². The second kappa shape index (κ2) is 6.96. The molecule has 1 aliphatic rings. The Balaban J connectivity index is 1.93. The molecule has 2 aromatic rings. The summed E-state index contributed by atoms with van der Waals surface area (Å²) >= 11 is 0. The van der Waals surface area contributed by atoms with Crippen LogP contribution in [0.1, 0.15) is 12.8 Å². The number of rotatable bonds is 4. The first-order valence-electron chi connectivity index (χ1n) is 7.62. The van der Waals surface area contributed by atoms with Crippen molar-refractivity contribution >= 4 is 17.3 Å². The lowest BCUT2D eigenvalue weighted by molar-refractivity contribution is -0.115. The highest BCUT2D eigenvalue weighted by molar-refractivity contribution is 6.39. The van der Waals surface area contributed by atoms with E-state index in [1.165, 1.54) is 0 Å². The van der Waals surface area contributed by atoms with Crippen LogP contribution in [0.3, 0.4) is 0 Å². The summed E-state index contributed by atoms with van der Waals surface area (Å²) in [5, 5.41) is 7.10. The normalized spacial score (nSPS) is 16.0. The van der Waals surface area contributed by atoms with Crippen molar-refractivity contribution in [2.45, 2.75) is 12.8 Å². The summed E-state index contributed by atoms with van der Waals surface area (Å²) in [5.74, 6) is 0.633. The minimum atomic E-state index is -0.104. The van der Waals surface area contributed by atoms with Crippen LogP contribution in [0.5, 0.6) is 5.75 Å². The van der Waals surface area contributed by atoms with Crippen molar-refractivity contribution in [2.75, 3.05) is 19.1 Å². The molecule has 0 spiro atoms. The van der Waals surface area contributed by atoms with Crippen LogP contribution in [0.2, 0.25) is 0 Å². The molecular formula is C18H19N3O2. The minimum Gasteiger partial charge on any atom is -0.497 e. The maximum Gasteiger partial charge on any atom is 0.267 e. The number of hydrazone groups is 1. The number of amides is 1. The molecule has 2 N–H and O–H groups in total. The molecule has 5 nitrogen and oxygen atoms in total. The third kappa shape index (κ3) is 3.51. The van der Waals surface area contributed by atoms with E-state index in [0.717, 1.165) is 29.0 Å². The number of ether oxygens (including phenoxy) is 1. The number of anilines is 1. The van der Waals surface area contributed by atoms with Crippen LogP contribution in [-0.2, 0) is 4.79 Å². The van der Waals surface area contributed by atoms with Gasteiger partial charge in [-0.15, -0.1) is 0 Å². The van der Waals surface area contributed by atoms with Crippen LogP contribution in [0.15, 0.2) is 53.6 Å². The summed E-state index contributed by atoms with van der Waals surface area (Å²) < 4.78 is 5.29. The van der Waals surface area contributed by atoms with Crippen molar-refractivity contribution < 1.29 is 9.53 Å². The van der Waals surface area contributed by atoms with E-state index in [1.807, 2.05) is 48.5 Å². The zero-order valence-electron chi connectivity index (χ0n) is 13.0. The van der Waals surface area contributed by atoms with Gasteiger partial charge in [0.1, 0.15) is 11.5 Å². The van der Waals surface area contributed by atoms with Crippen molar-refractivity contribution in [3.05, 3.63) is 48.5 Å². The van der Waals surface area contributed by atoms with Crippen molar-refractivity contribution in [3.63, 3.8) is 0 Å². The fourth-order valence-electron chi connectivity index (χ4n) is 2.52. The van der Waals surface area contributed by atoms with E-state index in [1.54, 1.807) is 7.11 Å². The fraction of sp³-hybridized carbons (Fsp3) is 0.222. The molecule has 3 rings (SSSR count). The molecule has 2 aromatic carbocycles. The zero-order valence-corrected chi connectivity index (χ0v) is 13.0. The summed E-state index contributed by atoms with van der Waals surface area (Å²) in [5.41, 5.74) is 6.45.